The molecular weight excluding hydrogens is 196 g/mol. The lowest BCUT2D eigenvalue weighted by Crippen LogP contribution is -2.26. The van der Waals surface area contributed by atoms with Crippen molar-refractivity contribution in [3.8, 4) is 0 Å². The summed E-state index contributed by atoms with van der Waals surface area (Å²) in [6, 6.07) is 4.75. The summed E-state index contributed by atoms with van der Waals surface area (Å²) < 4.78 is 0. The summed E-state index contributed by atoms with van der Waals surface area (Å²) in [5, 5.41) is 3.70. The molecule has 1 N–H and O–H groups in total. The van der Waals surface area contributed by atoms with Crippen molar-refractivity contribution in [1.82, 2.24) is 10.3 Å². The maximum Gasteiger partial charge on any atom is 0.0318 e. The lowest BCUT2D eigenvalue weighted by Gasteiger charge is -2.19. The fraction of sp³-hybridized carbons (Fsp3) is 0.643. The van der Waals surface area contributed by atoms with Crippen LogP contribution in [0.15, 0.2) is 24.5 Å². The van der Waals surface area contributed by atoms with Crippen LogP contribution < -0.4 is 5.32 Å². The third kappa shape index (κ3) is 3.05. The van der Waals surface area contributed by atoms with Gasteiger partial charge in [0.05, 0.1) is 0 Å². The Balaban J connectivity index is 1.85. The molecule has 2 heteroatoms. The molecule has 1 unspecified atom stereocenters. The molecule has 1 atom stereocenters. The Bertz CT molecular complexity index is 291. The van der Waals surface area contributed by atoms with E-state index in [4.69, 9.17) is 0 Å². The minimum Gasteiger partial charge on any atom is -0.310 e. The van der Waals surface area contributed by atoms with Crippen LogP contribution in [0.25, 0.3) is 0 Å². The Labute approximate surface area is 98.5 Å². The maximum atomic E-state index is 4.07. The van der Waals surface area contributed by atoms with Crippen molar-refractivity contribution in [2.75, 3.05) is 6.54 Å². The molecule has 1 fully saturated rings. The van der Waals surface area contributed by atoms with Crippen LogP contribution in [0.3, 0.4) is 0 Å². The predicted molar refractivity (Wildman–Crippen MR) is 67.2 cm³/mol. The van der Waals surface area contributed by atoms with E-state index < -0.39 is 0 Å². The largest absolute Gasteiger partial charge is 0.310 e. The van der Waals surface area contributed by atoms with Crippen molar-refractivity contribution >= 4 is 0 Å². The molecule has 0 saturated heterocycles. The molecule has 2 nitrogen and oxygen atoms in total. The highest BCUT2D eigenvalue weighted by molar-refractivity contribution is 5.14. The molecule has 0 bridgehead atoms. The third-order valence-electron chi connectivity index (χ3n) is 3.64. The Hall–Kier alpha value is -0.890. The summed E-state index contributed by atoms with van der Waals surface area (Å²) >= 11 is 0. The molecule has 1 aromatic rings. The van der Waals surface area contributed by atoms with E-state index in [2.05, 4.69) is 29.4 Å². The van der Waals surface area contributed by atoms with Gasteiger partial charge in [0, 0.05) is 18.4 Å². The van der Waals surface area contributed by atoms with Crippen molar-refractivity contribution < 1.29 is 0 Å². The second-order valence-electron chi connectivity index (χ2n) is 4.80. The molecule has 0 amide bonds. The smallest absolute Gasteiger partial charge is 0.0318 e. The van der Waals surface area contributed by atoms with Gasteiger partial charge in [0.2, 0.25) is 0 Å². The average molecular weight is 218 g/mol. The van der Waals surface area contributed by atoms with E-state index in [1.807, 2.05) is 12.4 Å². The van der Waals surface area contributed by atoms with E-state index in [0.29, 0.717) is 6.04 Å². The summed E-state index contributed by atoms with van der Waals surface area (Å²) in [5.74, 6) is 0.913. The molecule has 0 aliphatic heterocycles. The first-order chi connectivity index (χ1) is 7.90. The van der Waals surface area contributed by atoms with E-state index in [1.54, 1.807) is 0 Å². The summed E-state index contributed by atoms with van der Waals surface area (Å²) in [4.78, 5) is 4.07. The Morgan fingerprint density at radius 2 is 2.00 bits per heavy atom. The van der Waals surface area contributed by atoms with Gasteiger partial charge in [0.25, 0.3) is 0 Å². The topological polar surface area (TPSA) is 24.9 Å². The van der Waals surface area contributed by atoms with E-state index in [-0.39, 0.29) is 0 Å². The number of nitrogens with one attached hydrogen (secondary N) is 1. The highest BCUT2D eigenvalue weighted by Crippen LogP contribution is 2.25. The van der Waals surface area contributed by atoms with Gasteiger partial charge in [-0.1, -0.05) is 19.8 Å². The van der Waals surface area contributed by atoms with E-state index in [9.17, 15) is 0 Å². The number of pyridine rings is 1. The quantitative estimate of drug-likeness (QED) is 0.820. The van der Waals surface area contributed by atoms with E-state index in [1.165, 1.54) is 37.8 Å². The number of rotatable bonds is 5. The van der Waals surface area contributed by atoms with Gasteiger partial charge in [-0.05, 0) is 49.4 Å². The van der Waals surface area contributed by atoms with Gasteiger partial charge in [-0.15, -0.1) is 0 Å². The molecule has 0 spiro atoms. The lowest BCUT2D eigenvalue weighted by atomic mass is 10.0. The Morgan fingerprint density at radius 1 is 1.31 bits per heavy atom. The Morgan fingerprint density at radius 3 is 2.62 bits per heavy atom. The van der Waals surface area contributed by atoms with Crippen molar-refractivity contribution in [2.45, 2.75) is 45.1 Å². The molecule has 1 aromatic heterocycles. The zero-order valence-corrected chi connectivity index (χ0v) is 10.2. The van der Waals surface area contributed by atoms with Gasteiger partial charge in [-0.2, -0.15) is 0 Å². The van der Waals surface area contributed by atoms with Gasteiger partial charge >= 0.3 is 0 Å². The first-order valence-corrected chi connectivity index (χ1v) is 6.53. The van der Waals surface area contributed by atoms with Crippen LogP contribution in [0.2, 0.25) is 0 Å². The summed E-state index contributed by atoms with van der Waals surface area (Å²) in [6.45, 7) is 3.42. The molecule has 1 aliphatic rings. The van der Waals surface area contributed by atoms with Crippen LogP contribution in [0, 0.1) is 5.92 Å². The zero-order valence-electron chi connectivity index (χ0n) is 10.2. The molecule has 2 rings (SSSR count). The van der Waals surface area contributed by atoms with Crippen molar-refractivity contribution in [1.29, 1.82) is 0 Å². The van der Waals surface area contributed by atoms with Crippen LogP contribution in [0.5, 0.6) is 0 Å². The van der Waals surface area contributed by atoms with Crippen LogP contribution in [-0.2, 0) is 0 Å². The number of hydrogen-bond donors (Lipinski definition) is 1. The summed E-state index contributed by atoms with van der Waals surface area (Å²) in [7, 11) is 0. The SMILES string of the molecule is CCC(NCC1CCCC1)c1ccncc1. The number of hydrogen-bond acceptors (Lipinski definition) is 2. The minimum absolute atomic E-state index is 0.503. The molecular formula is C14H22N2. The monoisotopic (exact) mass is 218 g/mol. The summed E-state index contributed by atoms with van der Waals surface area (Å²) in [5.41, 5.74) is 1.37. The molecule has 0 radical (unpaired) electrons. The molecule has 88 valence electrons. The molecule has 1 aliphatic carbocycles. The van der Waals surface area contributed by atoms with Crippen molar-refractivity contribution in [3.05, 3.63) is 30.1 Å². The van der Waals surface area contributed by atoms with Gasteiger partial charge in [0.1, 0.15) is 0 Å². The second kappa shape index (κ2) is 6.00. The summed E-state index contributed by atoms with van der Waals surface area (Å²) in [6.07, 6.45) is 10.6. The van der Waals surface area contributed by atoms with Crippen LogP contribution in [-0.4, -0.2) is 11.5 Å². The lowest BCUT2D eigenvalue weighted by molar-refractivity contribution is 0.431. The van der Waals surface area contributed by atoms with Crippen LogP contribution >= 0.6 is 0 Å². The highest BCUT2D eigenvalue weighted by atomic mass is 14.9. The van der Waals surface area contributed by atoms with Crippen molar-refractivity contribution in [3.63, 3.8) is 0 Å². The highest BCUT2D eigenvalue weighted by Gasteiger charge is 2.16. The predicted octanol–water partition coefficient (Wildman–Crippen LogP) is 3.31. The maximum absolute atomic E-state index is 4.07. The van der Waals surface area contributed by atoms with Crippen LogP contribution in [0.1, 0.15) is 50.6 Å². The van der Waals surface area contributed by atoms with Gasteiger partial charge in [-0.25, -0.2) is 0 Å². The first kappa shape index (κ1) is 11.6. The molecule has 0 aromatic carbocycles. The van der Waals surface area contributed by atoms with E-state index >= 15 is 0 Å². The van der Waals surface area contributed by atoms with E-state index in [0.717, 1.165) is 12.3 Å². The minimum atomic E-state index is 0.503. The molecule has 16 heavy (non-hydrogen) atoms. The standard InChI is InChI=1S/C14H22N2/c1-2-14(13-7-9-15-10-8-13)16-11-12-5-3-4-6-12/h7-10,12,14,16H,2-6,11H2,1H3. The normalized spacial score (nSPS) is 18.8. The second-order valence-corrected chi connectivity index (χ2v) is 4.80. The van der Waals surface area contributed by atoms with Gasteiger partial charge in [-0.3, -0.25) is 4.98 Å². The fourth-order valence-corrected chi connectivity index (χ4v) is 2.62. The molecule has 1 saturated carbocycles. The average Bonchev–Trinajstić information content (AvgIpc) is 2.84. The van der Waals surface area contributed by atoms with Gasteiger partial charge in [0.15, 0.2) is 0 Å². The van der Waals surface area contributed by atoms with Crippen LogP contribution in [0.4, 0.5) is 0 Å². The number of nitrogens with zero attached hydrogens (tertiary/aromatic N) is 1. The number of aromatic nitrogens is 1. The van der Waals surface area contributed by atoms with Gasteiger partial charge < -0.3 is 5.32 Å². The zero-order chi connectivity index (χ0) is 11.2. The van der Waals surface area contributed by atoms with Crippen molar-refractivity contribution in [2.24, 2.45) is 5.92 Å². The first-order valence-electron chi connectivity index (χ1n) is 6.53. The molecule has 1 heterocycles. The third-order valence-corrected chi connectivity index (χ3v) is 3.64. The Kier molecular flexibility index (Phi) is 4.34. The fourth-order valence-electron chi connectivity index (χ4n) is 2.62.